The number of likely N-dealkylation sites (N-methyl/N-ethyl adjacent to an activating group) is 1. The molecule has 0 aliphatic carbocycles. The number of ether oxygens (including phenoxy) is 1. The lowest BCUT2D eigenvalue weighted by molar-refractivity contribution is -0.0000152. The van der Waals surface area contributed by atoms with Gasteiger partial charge in [-0.1, -0.05) is 0 Å². The first kappa shape index (κ1) is 18.6. The minimum atomic E-state index is -0.00744. The lowest BCUT2D eigenvalue weighted by Gasteiger charge is -2.19. The van der Waals surface area contributed by atoms with Crippen LogP contribution in [0.15, 0.2) is 22.6 Å². The number of aryl methyl sites for hydroxylation is 1. The number of nitrogens with zero attached hydrogens (tertiary/aromatic N) is 2. The average molecular weight is 352 g/mol. The fourth-order valence-corrected chi connectivity index (χ4v) is 3.05. The van der Waals surface area contributed by atoms with Crippen molar-refractivity contribution in [2.45, 2.75) is 20.3 Å². The maximum atomic E-state index is 12.8. The van der Waals surface area contributed by atoms with Gasteiger partial charge in [0.25, 0.3) is 5.91 Å². The summed E-state index contributed by atoms with van der Waals surface area (Å²) in [5.41, 5.74) is 1.63. The van der Waals surface area contributed by atoms with Gasteiger partial charge in [-0.2, -0.15) is 0 Å². The van der Waals surface area contributed by atoms with E-state index >= 15 is 0 Å². The summed E-state index contributed by atoms with van der Waals surface area (Å²) >= 11 is 0. The lowest BCUT2D eigenvalue weighted by atomic mass is 10.1. The number of benzene rings is 1. The molecule has 1 fully saturated rings. The summed E-state index contributed by atoms with van der Waals surface area (Å²) in [6, 6.07) is 5.70. The van der Waals surface area contributed by atoms with Crippen molar-refractivity contribution >= 4 is 16.9 Å². The molecule has 2 aromatic rings. The van der Waals surface area contributed by atoms with Gasteiger partial charge in [0.2, 0.25) is 0 Å². The zero-order valence-corrected chi connectivity index (χ0v) is 15.2. The summed E-state index contributed by atoms with van der Waals surface area (Å²) in [5, 5.41) is 0.950. The van der Waals surface area contributed by atoms with Crippen LogP contribution < -0.4 is 17.1 Å². The van der Waals surface area contributed by atoms with E-state index in [0.29, 0.717) is 12.4 Å². The normalized spacial score (nSPS) is 15.9. The van der Waals surface area contributed by atoms with Gasteiger partial charge in [-0.25, -0.2) is 0 Å². The smallest absolute Gasteiger partial charge is 0.289 e. The van der Waals surface area contributed by atoms with Crippen molar-refractivity contribution in [2.24, 2.45) is 0 Å². The topological polar surface area (TPSA) is 45.9 Å². The van der Waals surface area contributed by atoms with Gasteiger partial charge in [0, 0.05) is 30.6 Å². The Labute approximate surface area is 148 Å². The van der Waals surface area contributed by atoms with Crippen LogP contribution in [-0.2, 0) is 0 Å². The molecule has 0 N–H and O–H groups in total. The number of halogens is 1. The van der Waals surface area contributed by atoms with Gasteiger partial charge in [-0.3, -0.25) is 4.79 Å². The monoisotopic (exact) mass is 351 g/mol. The number of carbonyl (C=O) groups excluding carboxylic acids is 1. The molecule has 132 valence electrons. The second-order valence-corrected chi connectivity index (χ2v) is 6.10. The number of hydrogen-bond donors (Lipinski definition) is 0. The molecule has 24 heavy (non-hydrogen) atoms. The van der Waals surface area contributed by atoms with Gasteiger partial charge in [-0.05, 0) is 52.1 Å². The van der Waals surface area contributed by atoms with Crippen LogP contribution in [0.2, 0.25) is 0 Å². The van der Waals surface area contributed by atoms with Crippen LogP contribution in [0.3, 0.4) is 0 Å². The van der Waals surface area contributed by atoms with Crippen molar-refractivity contribution < 1.29 is 26.4 Å². The predicted octanol–water partition coefficient (Wildman–Crippen LogP) is -0.0784. The zero-order valence-electron chi connectivity index (χ0n) is 14.5. The second kappa shape index (κ2) is 7.90. The molecule has 3 rings (SSSR count). The van der Waals surface area contributed by atoms with Crippen molar-refractivity contribution in [3.63, 3.8) is 0 Å². The molecule has 0 atom stereocenters. The Morgan fingerprint density at radius 2 is 2.04 bits per heavy atom. The summed E-state index contributed by atoms with van der Waals surface area (Å²) in [5.74, 6) is 1.25. The van der Waals surface area contributed by atoms with E-state index in [9.17, 15) is 4.79 Å². The Bertz CT molecular complexity index is 714. The van der Waals surface area contributed by atoms with Crippen LogP contribution in [0.1, 0.15) is 29.5 Å². The van der Waals surface area contributed by atoms with E-state index in [0.717, 1.165) is 54.9 Å². The SMILES string of the molecule is CCOc1ccc2oc(C(=O)N3CCCN(C)CC3)c(C)c2c1.[Cl-]. The molecule has 0 spiro atoms. The highest BCUT2D eigenvalue weighted by molar-refractivity contribution is 5.99. The highest BCUT2D eigenvalue weighted by Gasteiger charge is 2.24. The second-order valence-electron chi connectivity index (χ2n) is 6.10. The molecule has 0 bridgehead atoms. The standard InChI is InChI=1S/C18H24N2O3.ClH/c1-4-22-14-6-7-16-15(12-14)13(2)17(23-16)18(21)20-9-5-8-19(3)10-11-20;/h6-7,12H,4-5,8-11H2,1-3H3;1H/p-1. The minimum Gasteiger partial charge on any atom is -1.00 e. The molecule has 1 aliphatic rings. The van der Waals surface area contributed by atoms with Crippen LogP contribution in [0.4, 0.5) is 0 Å². The number of rotatable bonds is 3. The molecule has 2 heterocycles. The fraction of sp³-hybridized carbons (Fsp3) is 0.500. The van der Waals surface area contributed by atoms with Crippen LogP contribution >= 0.6 is 0 Å². The Kier molecular flexibility index (Phi) is 6.13. The van der Waals surface area contributed by atoms with E-state index in [1.165, 1.54) is 0 Å². The number of amides is 1. The van der Waals surface area contributed by atoms with Crippen molar-refractivity contribution in [1.82, 2.24) is 9.80 Å². The Balaban J connectivity index is 0.00000208. The summed E-state index contributed by atoms with van der Waals surface area (Å²) in [4.78, 5) is 17.0. The molecule has 6 heteroatoms. The van der Waals surface area contributed by atoms with E-state index in [2.05, 4.69) is 11.9 Å². The summed E-state index contributed by atoms with van der Waals surface area (Å²) < 4.78 is 11.4. The molecular weight excluding hydrogens is 328 g/mol. The van der Waals surface area contributed by atoms with Crippen LogP contribution in [0.5, 0.6) is 5.75 Å². The van der Waals surface area contributed by atoms with Gasteiger partial charge in [-0.15, -0.1) is 0 Å². The van der Waals surface area contributed by atoms with Crippen molar-refractivity contribution in [2.75, 3.05) is 39.8 Å². The number of fused-ring (bicyclic) bond motifs is 1. The Morgan fingerprint density at radius 3 is 2.79 bits per heavy atom. The third kappa shape index (κ3) is 3.68. The molecule has 0 unspecified atom stereocenters. The van der Waals surface area contributed by atoms with Crippen molar-refractivity contribution in [1.29, 1.82) is 0 Å². The fourth-order valence-electron chi connectivity index (χ4n) is 3.05. The van der Waals surface area contributed by atoms with Gasteiger partial charge >= 0.3 is 0 Å². The van der Waals surface area contributed by atoms with E-state index in [4.69, 9.17) is 9.15 Å². The highest BCUT2D eigenvalue weighted by Crippen LogP contribution is 2.29. The molecule has 1 aromatic heterocycles. The maximum absolute atomic E-state index is 12.8. The quantitative estimate of drug-likeness (QED) is 0.776. The minimum absolute atomic E-state index is 0. The molecule has 5 nitrogen and oxygen atoms in total. The molecule has 1 aliphatic heterocycles. The third-order valence-electron chi connectivity index (χ3n) is 4.42. The Morgan fingerprint density at radius 1 is 1.25 bits per heavy atom. The van der Waals surface area contributed by atoms with Crippen LogP contribution in [-0.4, -0.2) is 55.5 Å². The molecular formula is C18H24ClN2O3-. The van der Waals surface area contributed by atoms with E-state index in [1.807, 2.05) is 36.9 Å². The van der Waals surface area contributed by atoms with Crippen molar-refractivity contribution in [3.05, 3.63) is 29.5 Å². The van der Waals surface area contributed by atoms with Gasteiger partial charge in [0.15, 0.2) is 5.76 Å². The number of carbonyl (C=O) groups is 1. The first-order chi connectivity index (χ1) is 11.1. The van der Waals surface area contributed by atoms with Crippen LogP contribution in [0, 0.1) is 6.92 Å². The summed E-state index contributed by atoms with van der Waals surface area (Å²) in [6.45, 7) is 7.98. The predicted molar refractivity (Wildman–Crippen MR) is 90.1 cm³/mol. The summed E-state index contributed by atoms with van der Waals surface area (Å²) in [7, 11) is 2.09. The first-order valence-corrected chi connectivity index (χ1v) is 8.24. The van der Waals surface area contributed by atoms with E-state index < -0.39 is 0 Å². The first-order valence-electron chi connectivity index (χ1n) is 8.24. The van der Waals surface area contributed by atoms with Crippen molar-refractivity contribution in [3.8, 4) is 5.75 Å². The largest absolute Gasteiger partial charge is 1.00 e. The molecule has 1 saturated heterocycles. The van der Waals surface area contributed by atoms with Gasteiger partial charge in [0.05, 0.1) is 6.61 Å². The highest BCUT2D eigenvalue weighted by atomic mass is 35.5. The number of hydrogen-bond acceptors (Lipinski definition) is 4. The molecule has 1 aromatic carbocycles. The van der Waals surface area contributed by atoms with Gasteiger partial charge in [0.1, 0.15) is 11.3 Å². The van der Waals surface area contributed by atoms with E-state index in [-0.39, 0.29) is 18.3 Å². The molecule has 0 radical (unpaired) electrons. The Hall–Kier alpha value is -1.72. The molecule has 0 saturated carbocycles. The zero-order chi connectivity index (χ0) is 16.4. The van der Waals surface area contributed by atoms with Crippen LogP contribution in [0.25, 0.3) is 11.0 Å². The van der Waals surface area contributed by atoms with E-state index in [1.54, 1.807) is 0 Å². The molecule has 1 amide bonds. The average Bonchev–Trinajstić information content (AvgIpc) is 2.72. The lowest BCUT2D eigenvalue weighted by Crippen LogP contribution is -3.00. The van der Waals surface area contributed by atoms with Gasteiger partial charge < -0.3 is 31.4 Å². The number of furan rings is 1. The third-order valence-corrected chi connectivity index (χ3v) is 4.42. The maximum Gasteiger partial charge on any atom is 0.289 e. The summed E-state index contributed by atoms with van der Waals surface area (Å²) in [6.07, 6.45) is 0.996.